The van der Waals surface area contributed by atoms with E-state index < -0.39 is 0 Å². The van der Waals surface area contributed by atoms with Crippen molar-refractivity contribution in [1.82, 2.24) is 9.78 Å². The van der Waals surface area contributed by atoms with Gasteiger partial charge in [-0.1, -0.05) is 20.8 Å². The molecular weight excluding hydrogens is 164 g/mol. The van der Waals surface area contributed by atoms with E-state index in [4.69, 9.17) is 4.74 Å². The fourth-order valence-corrected chi connectivity index (χ4v) is 1.55. The third-order valence-corrected chi connectivity index (χ3v) is 2.25. The van der Waals surface area contributed by atoms with Crippen LogP contribution in [-0.2, 0) is 17.2 Å². The highest BCUT2D eigenvalue weighted by Crippen LogP contribution is 2.36. The molecule has 0 amide bonds. The van der Waals surface area contributed by atoms with Gasteiger partial charge in [0.05, 0.1) is 12.3 Å². The Labute approximate surface area is 78.7 Å². The van der Waals surface area contributed by atoms with Gasteiger partial charge in [0.1, 0.15) is 6.10 Å². The van der Waals surface area contributed by atoms with E-state index in [0.29, 0.717) is 6.10 Å². The Morgan fingerprint density at radius 3 is 2.62 bits per heavy atom. The highest BCUT2D eigenvalue weighted by Gasteiger charge is 2.33. The van der Waals surface area contributed by atoms with Crippen LogP contribution in [0, 0.1) is 0 Å². The number of aromatic nitrogens is 2. The van der Waals surface area contributed by atoms with Crippen molar-refractivity contribution in [2.24, 2.45) is 7.05 Å². The van der Waals surface area contributed by atoms with Gasteiger partial charge in [0.2, 0.25) is 0 Å². The third kappa shape index (κ3) is 1.61. The predicted octanol–water partition coefficient (Wildman–Crippen LogP) is 1.79. The molecule has 0 aliphatic carbocycles. The van der Waals surface area contributed by atoms with Gasteiger partial charge in [0.15, 0.2) is 0 Å². The second kappa shape index (κ2) is 2.58. The fourth-order valence-electron chi connectivity index (χ4n) is 1.55. The maximum absolute atomic E-state index is 5.29. The molecule has 0 spiro atoms. The molecule has 0 aromatic carbocycles. The summed E-state index contributed by atoms with van der Waals surface area (Å²) in [6.45, 7) is 7.40. The summed E-state index contributed by atoms with van der Waals surface area (Å²) in [5.41, 5.74) is 2.54. The van der Waals surface area contributed by atoms with Gasteiger partial charge in [-0.05, 0) is 0 Å². The fraction of sp³-hybridized carbons (Fsp3) is 0.700. The van der Waals surface area contributed by atoms with Gasteiger partial charge in [-0.25, -0.2) is 0 Å². The van der Waals surface area contributed by atoms with Crippen molar-refractivity contribution in [1.29, 1.82) is 0 Å². The first-order chi connectivity index (χ1) is 5.98. The zero-order valence-corrected chi connectivity index (χ0v) is 8.66. The van der Waals surface area contributed by atoms with Crippen molar-refractivity contribution in [3.8, 4) is 0 Å². The van der Waals surface area contributed by atoms with Gasteiger partial charge >= 0.3 is 0 Å². The Morgan fingerprint density at radius 1 is 1.54 bits per heavy atom. The lowest BCUT2D eigenvalue weighted by Crippen LogP contribution is -2.14. The molecule has 3 heteroatoms. The first-order valence-corrected chi connectivity index (χ1v) is 4.64. The number of epoxide rings is 1. The Kier molecular flexibility index (Phi) is 1.74. The Balaban J connectivity index is 2.42. The van der Waals surface area contributed by atoms with Crippen LogP contribution in [-0.4, -0.2) is 16.4 Å². The molecule has 0 unspecified atom stereocenters. The van der Waals surface area contributed by atoms with Crippen LogP contribution < -0.4 is 0 Å². The van der Waals surface area contributed by atoms with E-state index in [1.165, 1.54) is 5.56 Å². The lowest BCUT2D eigenvalue weighted by atomic mass is 9.89. The molecule has 72 valence electrons. The lowest BCUT2D eigenvalue weighted by Gasteiger charge is -2.16. The van der Waals surface area contributed by atoms with Crippen LogP contribution in [0.25, 0.3) is 0 Å². The molecular formula is C10H16N2O. The lowest BCUT2D eigenvalue weighted by molar-refractivity contribution is 0.410. The molecule has 1 saturated heterocycles. The van der Waals surface area contributed by atoms with Crippen molar-refractivity contribution in [2.75, 3.05) is 6.61 Å². The molecule has 2 heterocycles. The minimum Gasteiger partial charge on any atom is -0.368 e. The normalized spacial score (nSPS) is 22.0. The first-order valence-electron chi connectivity index (χ1n) is 4.64. The molecule has 0 saturated carbocycles. The molecule has 1 atom stereocenters. The average molecular weight is 180 g/mol. The SMILES string of the molecule is Cn1cc([C@@H]2CO2)c(C(C)(C)C)n1. The van der Waals surface area contributed by atoms with Crippen molar-refractivity contribution in [3.05, 3.63) is 17.5 Å². The summed E-state index contributed by atoms with van der Waals surface area (Å²) in [7, 11) is 1.96. The molecule has 1 aromatic heterocycles. The van der Waals surface area contributed by atoms with E-state index in [0.717, 1.165) is 12.3 Å². The summed E-state index contributed by atoms with van der Waals surface area (Å²) in [6.07, 6.45) is 2.38. The van der Waals surface area contributed by atoms with Crippen LogP contribution in [0.15, 0.2) is 6.20 Å². The predicted molar refractivity (Wildman–Crippen MR) is 50.6 cm³/mol. The molecule has 1 aliphatic heterocycles. The number of rotatable bonds is 1. The van der Waals surface area contributed by atoms with E-state index in [-0.39, 0.29) is 5.41 Å². The summed E-state index contributed by atoms with van der Waals surface area (Å²) in [5, 5.41) is 4.48. The van der Waals surface area contributed by atoms with Gasteiger partial charge in [-0.15, -0.1) is 0 Å². The summed E-state index contributed by atoms with van der Waals surface area (Å²) in [5.74, 6) is 0. The quantitative estimate of drug-likeness (QED) is 0.617. The minimum atomic E-state index is 0.114. The van der Waals surface area contributed by atoms with Gasteiger partial charge < -0.3 is 4.74 Å². The highest BCUT2D eigenvalue weighted by atomic mass is 16.6. The van der Waals surface area contributed by atoms with Crippen LogP contribution in [0.2, 0.25) is 0 Å². The number of hydrogen-bond donors (Lipinski definition) is 0. The molecule has 3 nitrogen and oxygen atoms in total. The molecule has 2 rings (SSSR count). The summed E-state index contributed by atoms with van der Waals surface area (Å²) in [4.78, 5) is 0. The molecule has 1 aliphatic rings. The maximum atomic E-state index is 5.29. The Bertz CT molecular complexity index is 318. The molecule has 13 heavy (non-hydrogen) atoms. The number of aryl methyl sites for hydroxylation is 1. The van der Waals surface area contributed by atoms with E-state index in [1.54, 1.807) is 0 Å². The molecule has 0 bridgehead atoms. The second-order valence-corrected chi connectivity index (χ2v) is 4.68. The zero-order chi connectivity index (χ0) is 9.64. The summed E-state index contributed by atoms with van der Waals surface area (Å²) >= 11 is 0. The van der Waals surface area contributed by atoms with Crippen LogP contribution in [0.4, 0.5) is 0 Å². The van der Waals surface area contributed by atoms with Crippen molar-refractivity contribution >= 4 is 0 Å². The summed E-state index contributed by atoms with van der Waals surface area (Å²) < 4.78 is 7.16. The molecule has 0 radical (unpaired) electrons. The van der Waals surface area contributed by atoms with Gasteiger partial charge in [-0.3, -0.25) is 4.68 Å². The van der Waals surface area contributed by atoms with Crippen molar-refractivity contribution < 1.29 is 4.74 Å². The standard InChI is InChI=1S/C10H16N2O/c1-10(2,3)9-7(8-6-13-8)5-12(4)11-9/h5,8H,6H2,1-4H3/t8-/m0/s1. The van der Waals surface area contributed by atoms with E-state index >= 15 is 0 Å². The number of hydrogen-bond acceptors (Lipinski definition) is 2. The third-order valence-electron chi connectivity index (χ3n) is 2.25. The van der Waals surface area contributed by atoms with Gasteiger partial charge in [0.25, 0.3) is 0 Å². The zero-order valence-electron chi connectivity index (χ0n) is 8.66. The topological polar surface area (TPSA) is 30.4 Å². The minimum absolute atomic E-state index is 0.114. The van der Waals surface area contributed by atoms with Crippen LogP contribution >= 0.6 is 0 Å². The van der Waals surface area contributed by atoms with Crippen molar-refractivity contribution in [3.63, 3.8) is 0 Å². The van der Waals surface area contributed by atoms with Gasteiger partial charge in [-0.2, -0.15) is 5.10 Å². The second-order valence-electron chi connectivity index (χ2n) is 4.68. The number of ether oxygens (including phenoxy) is 1. The summed E-state index contributed by atoms with van der Waals surface area (Å²) in [6, 6.07) is 0. The van der Waals surface area contributed by atoms with Crippen molar-refractivity contribution in [2.45, 2.75) is 32.3 Å². The van der Waals surface area contributed by atoms with Crippen LogP contribution in [0.5, 0.6) is 0 Å². The van der Waals surface area contributed by atoms with Gasteiger partial charge in [0, 0.05) is 24.2 Å². The largest absolute Gasteiger partial charge is 0.368 e. The average Bonchev–Trinajstić information content (AvgIpc) is 2.73. The smallest absolute Gasteiger partial charge is 0.109 e. The van der Waals surface area contributed by atoms with E-state index in [2.05, 4.69) is 32.1 Å². The Morgan fingerprint density at radius 2 is 2.15 bits per heavy atom. The van der Waals surface area contributed by atoms with Crippen LogP contribution in [0.3, 0.4) is 0 Å². The van der Waals surface area contributed by atoms with E-state index in [9.17, 15) is 0 Å². The van der Waals surface area contributed by atoms with E-state index in [1.807, 2.05) is 11.7 Å². The molecule has 1 aromatic rings. The Hall–Kier alpha value is -0.830. The maximum Gasteiger partial charge on any atom is 0.109 e. The molecule has 0 N–H and O–H groups in total. The first kappa shape index (κ1) is 8.75. The molecule has 1 fully saturated rings. The number of nitrogens with zero attached hydrogens (tertiary/aromatic N) is 2. The van der Waals surface area contributed by atoms with Crippen LogP contribution in [0.1, 0.15) is 38.1 Å². The highest BCUT2D eigenvalue weighted by molar-refractivity contribution is 5.28. The monoisotopic (exact) mass is 180 g/mol.